The van der Waals surface area contributed by atoms with Crippen LogP contribution in [0.1, 0.15) is 46.6 Å². The zero-order valence-corrected chi connectivity index (χ0v) is 12.8. The van der Waals surface area contributed by atoms with Crippen LogP contribution in [0.4, 0.5) is 4.39 Å². The molecule has 21 heavy (non-hydrogen) atoms. The number of nitrogens with one attached hydrogen (secondary N) is 1. The second-order valence-corrected chi connectivity index (χ2v) is 6.59. The minimum atomic E-state index is -0.639. The lowest BCUT2D eigenvalue weighted by Gasteiger charge is -2.16. The Bertz CT molecular complexity index is 590. The van der Waals surface area contributed by atoms with Gasteiger partial charge in [-0.2, -0.15) is 0 Å². The first kappa shape index (κ1) is 14.6. The molecule has 5 heteroatoms. The lowest BCUT2D eigenvalue weighted by Crippen LogP contribution is -2.24. The highest BCUT2D eigenvalue weighted by atomic mass is 32.1. The maximum atomic E-state index is 12.9. The molecule has 1 aliphatic rings. The van der Waals surface area contributed by atoms with Crippen LogP contribution in [0, 0.1) is 5.82 Å². The Balaban J connectivity index is 1.57. The summed E-state index contributed by atoms with van der Waals surface area (Å²) < 4.78 is 12.9. The van der Waals surface area contributed by atoms with E-state index in [0.717, 1.165) is 23.4 Å². The fraction of sp³-hybridized carbons (Fsp3) is 0.438. The monoisotopic (exact) mass is 306 g/mol. The Morgan fingerprint density at radius 2 is 2.10 bits per heavy atom. The first-order chi connectivity index (χ1) is 10.1. The Labute approximate surface area is 127 Å². The van der Waals surface area contributed by atoms with Crippen molar-refractivity contribution in [1.82, 2.24) is 10.3 Å². The second-order valence-electron chi connectivity index (χ2n) is 5.47. The Hall–Kier alpha value is -1.30. The average Bonchev–Trinajstić information content (AvgIpc) is 3.06. The fourth-order valence-corrected chi connectivity index (χ4v) is 3.75. The molecule has 1 aromatic carbocycles. The summed E-state index contributed by atoms with van der Waals surface area (Å²) in [6, 6.07) is 6.09. The van der Waals surface area contributed by atoms with E-state index < -0.39 is 6.10 Å². The van der Waals surface area contributed by atoms with Crippen molar-refractivity contribution in [3.8, 4) is 0 Å². The third-order valence-corrected chi connectivity index (χ3v) is 5.19. The number of thiazole rings is 1. The van der Waals surface area contributed by atoms with Crippen LogP contribution in [0.25, 0.3) is 0 Å². The molecule has 2 atom stereocenters. The Morgan fingerprint density at radius 3 is 2.81 bits per heavy atom. The summed E-state index contributed by atoms with van der Waals surface area (Å²) in [5.41, 5.74) is 1.97. The van der Waals surface area contributed by atoms with E-state index in [0.29, 0.717) is 6.54 Å². The number of halogens is 1. The van der Waals surface area contributed by atoms with Crippen molar-refractivity contribution in [2.75, 3.05) is 6.54 Å². The van der Waals surface area contributed by atoms with Crippen LogP contribution in [-0.4, -0.2) is 16.6 Å². The minimum Gasteiger partial charge on any atom is -0.387 e. The number of hydrogen-bond acceptors (Lipinski definition) is 4. The highest BCUT2D eigenvalue weighted by molar-refractivity contribution is 7.11. The van der Waals surface area contributed by atoms with Gasteiger partial charge >= 0.3 is 0 Å². The van der Waals surface area contributed by atoms with Gasteiger partial charge in [-0.1, -0.05) is 12.1 Å². The first-order valence-electron chi connectivity index (χ1n) is 7.29. The number of nitrogens with zero attached hydrogens (tertiary/aromatic N) is 1. The molecular weight excluding hydrogens is 287 g/mol. The largest absolute Gasteiger partial charge is 0.387 e. The molecule has 112 valence electrons. The number of fused-ring (bicyclic) bond motifs is 1. The van der Waals surface area contributed by atoms with Gasteiger partial charge in [-0.25, -0.2) is 9.37 Å². The van der Waals surface area contributed by atoms with E-state index in [1.54, 1.807) is 23.5 Å². The van der Waals surface area contributed by atoms with Crippen LogP contribution < -0.4 is 5.32 Å². The van der Waals surface area contributed by atoms with Crippen molar-refractivity contribution < 1.29 is 9.50 Å². The molecule has 2 unspecified atom stereocenters. The van der Waals surface area contributed by atoms with E-state index in [2.05, 4.69) is 17.2 Å². The van der Waals surface area contributed by atoms with E-state index in [1.165, 1.54) is 29.1 Å². The predicted octanol–water partition coefficient (Wildman–Crippen LogP) is 3.16. The van der Waals surface area contributed by atoms with E-state index in [-0.39, 0.29) is 11.9 Å². The van der Waals surface area contributed by atoms with Crippen molar-refractivity contribution in [2.45, 2.75) is 38.3 Å². The van der Waals surface area contributed by atoms with Crippen molar-refractivity contribution in [1.29, 1.82) is 0 Å². The molecule has 3 rings (SSSR count). The number of hydrogen-bond donors (Lipinski definition) is 2. The van der Waals surface area contributed by atoms with Gasteiger partial charge in [0.1, 0.15) is 10.8 Å². The standard InChI is InChI=1S/C16H19FN2OS/c1-10(16-19-13-3-2-4-15(13)21-16)18-9-14(20)11-5-7-12(17)8-6-11/h5-8,10,14,18,20H,2-4,9H2,1H3. The number of aryl methyl sites for hydroxylation is 2. The molecule has 0 saturated heterocycles. The normalized spacial score (nSPS) is 16.7. The fourth-order valence-electron chi connectivity index (χ4n) is 2.57. The smallest absolute Gasteiger partial charge is 0.123 e. The highest BCUT2D eigenvalue weighted by Crippen LogP contribution is 2.30. The van der Waals surface area contributed by atoms with Crippen molar-refractivity contribution >= 4 is 11.3 Å². The quantitative estimate of drug-likeness (QED) is 0.892. The van der Waals surface area contributed by atoms with Gasteiger partial charge in [-0.3, -0.25) is 0 Å². The lowest BCUT2D eigenvalue weighted by molar-refractivity contribution is 0.170. The van der Waals surface area contributed by atoms with Gasteiger partial charge < -0.3 is 10.4 Å². The molecule has 2 N–H and O–H groups in total. The van der Waals surface area contributed by atoms with Crippen molar-refractivity contribution in [3.63, 3.8) is 0 Å². The van der Waals surface area contributed by atoms with Crippen LogP contribution in [-0.2, 0) is 12.8 Å². The molecule has 3 nitrogen and oxygen atoms in total. The topological polar surface area (TPSA) is 45.1 Å². The molecule has 0 bridgehead atoms. The maximum absolute atomic E-state index is 12.9. The number of rotatable bonds is 5. The number of benzene rings is 1. The predicted molar refractivity (Wildman–Crippen MR) is 81.9 cm³/mol. The molecule has 1 aliphatic carbocycles. The SMILES string of the molecule is CC(NCC(O)c1ccc(F)cc1)c1nc2c(s1)CCC2. The summed E-state index contributed by atoms with van der Waals surface area (Å²) in [5.74, 6) is -0.287. The summed E-state index contributed by atoms with van der Waals surface area (Å²) in [5, 5.41) is 14.5. The number of aliphatic hydroxyl groups excluding tert-OH is 1. The summed E-state index contributed by atoms with van der Waals surface area (Å²) in [4.78, 5) is 6.09. The van der Waals surface area contributed by atoms with Crippen molar-refractivity contribution in [3.05, 3.63) is 51.2 Å². The average molecular weight is 306 g/mol. The minimum absolute atomic E-state index is 0.121. The molecule has 0 saturated carbocycles. The third kappa shape index (κ3) is 3.31. The van der Waals surface area contributed by atoms with E-state index in [9.17, 15) is 9.50 Å². The van der Waals surface area contributed by atoms with Crippen LogP contribution in [0.3, 0.4) is 0 Å². The van der Waals surface area contributed by atoms with Gasteiger partial charge in [-0.05, 0) is 43.9 Å². The molecule has 0 radical (unpaired) electrons. The van der Waals surface area contributed by atoms with Crippen LogP contribution >= 0.6 is 11.3 Å². The zero-order chi connectivity index (χ0) is 14.8. The lowest BCUT2D eigenvalue weighted by atomic mass is 10.1. The van der Waals surface area contributed by atoms with Crippen LogP contribution in [0.15, 0.2) is 24.3 Å². The van der Waals surface area contributed by atoms with E-state index >= 15 is 0 Å². The molecule has 0 aliphatic heterocycles. The van der Waals surface area contributed by atoms with Gasteiger partial charge in [0.2, 0.25) is 0 Å². The Kier molecular flexibility index (Phi) is 4.33. The molecule has 0 amide bonds. The van der Waals surface area contributed by atoms with Gasteiger partial charge in [0.25, 0.3) is 0 Å². The summed E-state index contributed by atoms with van der Waals surface area (Å²) in [6.07, 6.45) is 2.83. The molecule has 0 fully saturated rings. The van der Waals surface area contributed by atoms with E-state index in [4.69, 9.17) is 0 Å². The maximum Gasteiger partial charge on any atom is 0.123 e. The third-order valence-electron chi connectivity index (χ3n) is 3.85. The number of aliphatic hydroxyl groups is 1. The number of aromatic nitrogens is 1. The van der Waals surface area contributed by atoms with Crippen molar-refractivity contribution in [2.24, 2.45) is 0 Å². The summed E-state index contributed by atoms with van der Waals surface area (Å²) >= 11 is 1.77. The van der Waals surface area contributed by atoms with Crippen LogP contribution in [0.2, 0.25) is 0 Å². The Morgan fingerprint density at radius 1 is 1.33 bits per heavy atom. The van der Waals surface area contributed by atoms with Gasteiger partial charge in [-0.15, -0.1) is 11.3 Å². The zero-order valence-electron chi connectivity index (χ0n) is 12.0. The highest BCUT2D eigenvalue weighted by Gasteiger charge is 2.20. The molecule has 2 aromatic rings. The first-order valence-corrected chi connectivity index (χ1v) is 8.10. The summed E-state index contributed by atoms with van der Waals surface area (Å²) in [7, 11) is 0. The molecule has 1 heterocycles. The second kappa shape index (κ2) is 6.22. The van der Waals surface area contributed by atoms with E-state index in [1.807, 2.05) is 0 Å². The van der Waals surface area contributed by atoms with Gasteiger partial charge in [0, 0.05) is 11.4 Å². The van der Waals surface area contributed by atoms with Gasteiger partial charge in [0.15, 0.2) is 0 Å². The summed E-state index contributed by atoms with van der Waals surface area (Å²) in [6.45, 7) is 2.49. The molecular formula is C16H19FN2OS. The van der Waals surface area contributed by atoms with Gasteiger partial charge in [0.05, 0.1) is 17.8 Å². The molecule has 1 aromatic heterocycles. The molecule has 0 spiro atoms. The van der Waals surface area contributed by atoms with Crippen LogP contribution in [0.5, 0.6) is 0 Å².